The Hall–Kier alpha value is -1.31. The quantitative estimate of drug-likeness (QED) is 0.860. The van der Waals surface area contributed by atoms with E-state index in [-0.39, 0.29) is 6.79 Å². The lowest BCUT2D eigenvalue weighted by molar-refractivity contribution is 0.174. The predicted molar refractivity (Wildman–Crippen MR) is 78.7 cm³/mol. The first-order chi connectivity index (χ1) is 10.0. The van der Waals surface area contributed by atoms with E-state index in [0.29, 0.717) is 22.8 Å². The average molecular weight is 312 g/mol. The van der Waals surface area contributed by atoms with Gasteiger partial charge in [0.15, 0.2) is 21.3 Å². The van der Waals surface area contributed by atoms with Crippen molar-refractivity contribution < 1.29 is 17.9 Å². The van der Waals surface area contributed by atoms with Crippen molar-refractivity contribution in [1.82, 2.24) is 10.2 Å². The summed E-state index contributed by atoms with van der Waals surface area (Å²) in [5.74, 6) is 1.15. The Labute approximate surface area is 125 Å². The summed E-state index contributed by atoms with van der Waals surface area (Å²) < 4.78 is 34.6. The second kappa shape index (κ2) is 5.82. The molecule has 0 unspecified atom stereocenters. The standard InChI is InChI=1S/C14H20N2O4S/c1-21(17,18)14-9-13-12(19-10-20-13)8-11(14)2-5-16-6-3-15-4-7-16/h8-9,15H,2-7,10H2,1H3. The molecule has 7 heteroatoms. The summed E-state index contributed by atoms with van der Waals surface area (Å²) in [6, 6.07) is 3.39. The molecule has 0 bridgehead atoms. The number of nitrogens with zero attached hydrogens (tertiary/aromatic N) is 1. The molecule has 2 aliphatic rings. The van der Waals surface area contributed by atoms with Crippen LogP contribution in [0.3, 0.4) is 0 Å². The Morgan fingerprint density at radius 2 is 1.86 bits per heavy atom. The predicted octanol–water partition coefficient (Wildman–Crippen LogP) is 0.267. The Balaban J connectivity index is 1.82. The maximum absolute atomic E-state index is 12.0. The van der Waals surface area contributed by atoms with Gasteiger partial charge in [0.1, 0.15) is 0 Å². The van der Waals surface area contributed by atoms with E-state index in [4.69, 9.17) is 9.47 Å². The molecule has 2 heterocycles. The van der Waals surface area contributed by atoms with E-state index in [1.807, 2.05) is 0 Å². The molecule has 0 spiro atoms. The molecule has 0 atom stereocenters. The van der Waals surface area contributed by atoms with Crippen molar-refractivity contribution in [3.63, 3.8) is 0 Å². The van der Waals surface area contributed by atoms with Crippen LogP contribution in [0.4, 0.5) is 0 Å². The Morgan fingerprint density at radius 3 is 2.52 bits per heavy atom. The van der Waals surface area contributed by atoms with Crippen molar-refractivity contribution in [2.24, 2.45) is 0 Å². The van der Waals surface area contributed by atoms with E-state index in [1.54, 1.807) is 12.1 Å². The average Bonchev–Trinajstić information content (AvgIpc) is 2.91. The summed E-state index contributed by atoms with van der Waals surface area (Å²) in [6.07, 6.45) is 1.93. The molecule has 1 aromatic rings. The van der Waals surface area contributed by atoms with Crippen LogP contribution in [0.5, 0.6) is 11.5 Å². The van der Waals surface area contributed by atoms with Crippen molar-refractivity contribution in [3.05, 3.63) is 17.7 Å². The minimum Gasteiger partial charge on any atom is -0.454 e. The molecule has 6 nitrogen and oxygen atoms in total. The third-order valence-electron chi connectivity index (χ3n) is 3.86. The number of fused-ring (bicyclic) bond motifs is 1. The van der Waals surface area contributed by atoms with Crippen LogP contribution in [0, 0.1) is 0 Å². The summed E-state index contributed by atoms with van der Waals surface area (Å²) in [5, 5.41) is 3.31. The lowest BCUT2D eigenvalue weighted by Gasteiger charge is -2.27. The molecule has 0 amide bonds. The molecule has 0 radical (unpaired) electrons. The number of hydrogen-bond donors (Lipinski definition) is 1. The van der Waals surface area contributed by atoms with Crippen LogP contribution in [0.2, 0.25) is 0 Å². The number of sulfone groups is 1. The van der Waals surface area contributed by atoms with E-state index in [1.165, 1.54) is 6.26 Å². The van der Waals surface area contributed by atoms with Gasteiger partial charge in [-0.05, 0) is 18.1 Å². The van der Waals surface area contributed by atoms with Crippen LogP contribution >= 0.6 is 0 Å². The molecule has 0 aliphatic carbocycles. The molecule has 1 saturated heterocycles. The zero-order valence-corrected chi connectivity index (χ0v) is 12.9. The van der Waals surface area contributed by atoms with Crippen LogP contribution < -0.4 is 14.8 Å². The van der Waals surface area contributed by atoms with E-state index >= 15 is 0 Å². The summed E-state index contributed by atoms with van der Waals surface area (Å²) in [7, 11) is -3.27. The van der Waals surface area contributed by atoms with Gasteiger partial charge in [-0.1, -0.05) is 0 Å². The van der Waals surface area contributed by atoms with Crippen molar-refractivity contribution in [1.29, 1.82) is 0 Å². The summed E-state index contributed by atoms with van der Waals surface area (Å²) in [4.78, 5) is 2.69. The van der Waals surface area contributed by atoms with E-state index in [0.717, 1.165) is 38.3 Å². The van der Waals surface area contributed by atoms with Gasteiger partial charge in [0.25, 0.3) is 0 Å². The molecule has 1 aromatic carbocycles. The van der Waals surface area contributed by atoms with Crippen molar-refractivity contribution in [2.45, 2.75) is 11.3 Å². The van der Waals surface area contributed by atoms with Crippen molar-refractivity contribution in [2.75, 3.05) is 45.8 Å². The molecular weight excluding hydrogens is 292 g/mol. The molecule has 2 aliphatic heterocycles. The first-order valence-electron chi connectivity index (χ1n) is 7.10. The number of nitrogens with one attached hydrogen (secondary N) is 1. The van der Waals surface area contributed by atoms with E-state index in [2.05, 4.69) is 10.2 Å². The SMILES string of the molecule is CS(=O)(=O)c1cc2c(cc1CCN1CCNCC1)OCO2. The Kier molecular flexibility index (Phi) is 4.05. The monoisotopic (exact) mass is 312 g/mol. The van der Waals surface area contributed by atoms with Crippen LogP contribution in [-0.2, 0) is 16.3 Å². The lowest BCUT2D eigenvalue weighted by atomic mass is 10.1. The van der Waals surface area contributed by atoms with E-state index in [9.17, 15) is 8.42 Å². The molecule has 1 fully saturated rings. The van der Waals surface area contributed by atoms with Gasteiger partial charge in [0.2, 0.25) is 6.79 Å². The topological polar surface area (TPSA) is 67.9 Å². The van der Waals surface area contributed by atoms with Crippen molar-refractivity contribution >= 4 is 9.84 Å². The Bertz CT molecular complexity index is 624. The van der Waals surface area contributed by atoms with Gasteiger partial charge < -0.3 is 19.7 Å². The fraction of sp³-hybridized carbons (Fsp3) is 0.571. The molecule has 0 aromatic heterocycles. The minimum atomic E-state index is -3.27. The molecule has 21 heavy (non-hydrogen) atoms. The minimum absolute atomic E-state index is 0.153. The largest absolute Gasteiger partial charge is 0.454 e. The number of piperazine rings is 1. The summed E-state index contributed by atoms with van der Waals surface area (Å²) >= 11 is 0. The zero-order valence-electron chi connectivity index (χ0n) is 12.1. The zero-order chi connectivity index (χ0) is 14.9. The van der Waals surface area contributed by atoms with Gasteiger partial charge in [-0.2, -0.15) is 0 Å². The first-order valence-corrected chi connectivity index (χ1v) is 8.99. The van der Waals surface area contributed by atoms with Gasteiger partial charge in [-0.3, -0.25) is 0 Å². The molecule has 0 saturated carbocycles. The second-order valence-electron chi connectivity index (χ2n) is 5.43. The fourth-order valence-electron chi connectivity index (χ4n) is 2.72. The van der Waals surface area contributed by atoms with Gasteiger partial charge in [-0.25, -0.2) is 8.42 Å². The Morgan fingerprint density at radius 1 is 1.19 bits per heavy atom. The van der Waals surface area contributed by atoms with Gasteiger partial charge in [0.05, 0.1) is 4.90 Å². The highest BCUT2D eigenvalue weighted by molar-refractivity contribution is 7.90. The fourth-order valence-corrected chi connectivity index (χ4v) is 3.68. The number of hydrogen-bond acceptors (Lipinski definition) is 6. The molecule has 3 rings (SSSR count). The van der Waals surface area contributed by atoms with Crippen LogP contribution in [0.15, 0.2) is 17.0 Å². The third kappa shape index (κ3) is 3.30. The third-order valence-corrected chi connectivity index (χ3v) is 5.04. The van der Waals surface area contributed by atoms with Crippen LogP contribution in [-0.4, -0.2) is 59.1 Å². The van der Waals surface area contributed by atoms with Gasteiger partial charge in [0, 0.05) is 45.0 Å². The maximum Gasteiger partial charge on any atom is 0.231 e. The maximum atomic E-state index is 12.0. The smallest absolute Gasteiger partial charge is 0.231 e. The molecule has 1 N–H and O–H groups in total. The number of ether oxygens (including phenoxy) is 2. The van der Waals surface area contributed by atoms with Gasteiger partial charge in [-0.15, -0.1) is 0 Å². The van der Waals surface area contributed by atoms with Gasteiger partial charge >= 0.3 is 0 Å². The van der Waals surface area contributed by atoms with E-state index < -0.39 is 9.84 Å². The lowest BCUT2D eigenvalue weighted by Crippen LogP contribution is -2.44. The highest BCUT2D eigenvalue weighted by Crippen LogP contribution is 2.36. The second-order valence-corrected chi connectivity index (χ2v) is 7.41. The highest BCUT2D eigenvalue weighted by Gasteiger charge is 2.22. The normalized spacial score (nSPS) is 18.9. The summed E-state index contributed by atoms with van der Waals surface area (Å²) in [6.45, 7) is 4.97. The number of rotatable bonds is 4. The van der Waals surface area contributed by atoms with Crippen LogP contribution in [0.25, 0.3) is 0 Å². The summed E-state index contributed by atoms with van der Waals surface area (Å²) in [5.41, 5.74) is 0.806. The molecule has 116 valence electrons. The highest BCUT2D eigenvalue weighted by atomic mass is 32.2. The molecular formula is C14H20N2O4S. The van der Waals surface area contributed by atoms with Crippen LogP contribution in [0.1, 0.15) is 5.56 Å². The van der Waals surface area contributed by atoms with Crippen molar-refractivity contribution in [3.8, 4) is 11.5 Å². The number of benzene rings is 1. The first kappa shape index (κ1) is 14.6.